The summed E-state index contributed by atoms with van der Waals surface area (Å²) in [6.07, 6.45) is 9.20. The molecule has 3 aromatic rings. The maximum absolute atomic E-state index is 5.18. The summed E-state index contributed by atoms with van der Waals surface area (Å²) in [4.78, 5) is 9.74. The third-order valence-electron chi connectivity index (χ3n) is 7.18. The van der Waals surface area contributed by atoms with Gasteiger partial charge in [-0.1, -0.05) is 0 Å². The van der Waals surface area contributed by atoms with Gasteiger partial charge in [0.05, 0.1) is 0 Å². The minimum Gasteiger partial charge on any atom is -0.313 e. The quantitative estimate of drug-likeness (QED) is 0.653. The molecule has 0 aliphatic heterocycles. The zero-order chi connectivity index (χ0) is 15.8. The molecule has 3 nitrogen and oxygen atoms in total. The van der Waals surface area contributed by atoms with E-state index in [2.05, 4.69) is 34.8 Å². The topological polar surface area (TPSA) is 30.7 Å². The maximum Gasteiger partial charge on any atom is 0.142 e. The highest BCUT2D eigenvalue weighted by Gasteiger charge is 2.49. The second-order valence-electron chi connectivity index (χ2n) is 8.50. The van der Waals surface area contributed by atoms with Gasteiger partial charge >= 0.3 is 0 Å². The van der Waals surface area contributed by atoms with Gasteiger partial charge in [0.1, 0.15) is 11.3 Å². The Morgan fingerprint density at radius 3 is 2.33 bits per heavy atom. The lowest BCUT2D eigenvalue weighted by Gasteiger charge is -2.54. The van der Waals surface area contributed by atoms with E-state index in [1.54, 1.807) is 0 Å². The van der Waals surface area contributed by atoms with Gasteiger partial charge in [0.15, 0.2) is 0 Å². The zero-order valence-corrected chi connectivity index (χ0v) is 14.2. The van der Waals surface area contributed by atoms with Gasteiger partial charge in [-0.2, -0.15) is 0 Å². The van der Waals surface area contributed by atoms with E-state index in [1.165, 1.54) is 48.6 Å². The van der Waals surface area contributed by atoms with Gasteiger partial charge < -0.3 is 4.57 Å². The Kier molecular flexibility index (Phi) is 2.56. The molecule has 0 amide bonds. The Balaban J connectivity index is 1.51. The maximum atomic E-state index is 5.18. The van der Waals surface area contributed by atoms with Gasteiger partial charge in [0, 0.05) is 35.6 Å². The van der Waals surface area contributed by atoms with Crippen LogP contribution < -0.4 is 0 Å². The molecule has 4 saturated carbocycles. The van der Waals surface area contributed by atoms with Crippen LogP contribution in [0.3, 0.4) is 0 Å². The second-order valence-corrected chi connectivity index (χ2v) is 8.50. The predicted octanol–water partition coefficient (Wildman–Crippen LogP) is 4.66. The molecule has 122 valence electrons. The fourth-order valence-electron chi connectivity index (χ4n) is 6.50. The van der Waals surface area contributed by atoms with Crippen LogP contribution in [-0.2, 0) is 7.05 Å². The molecule has 3 heteroatoms. The fraction of sp³-hybridized carbons (Fsp3) is 0.524. The number of aromatic nitrogens is 3. The van der Waals surface area contributed by atoms with Crippen LogP contribution in [0.15, 0.2) is 30.5 Å². The third kappa shape index (κ3) is 1.68. The van der Waals surface area contributed by atoms with Crippen LogP contribution in [0.1, 0.15) is 43.7 Å². The van der Waals surface area contributed by atoms with Crippen LogP contribution >= 0.6 is 0 Å². The van der Waals surface area contributed by atoms with Crippen LogP contribution in [0, 0.1) is 23.7 Å². The normalized spacial score (nSPS) is 34.5. The first-order valence-electron chi connectivity index (χ1n) is 9.48. The van der Waals surface area contributed by atoms with E-state index in [4.69, 9.17) is 4.98 Å². The number of aryl methyl sites for hydroxylation is 1. The molecule has 24 heavy (non-hydrogen) atoms. The standard InChI is InChI=1S/C21H23N3/c1-24-20-16(3-2-6-22-20)17-4-5-18(23-21(17)24)19-14-8-12-7-13(10-14)11-15(19)9-12/h2-6,12-15,19H,7-11H2,1H3. The Hall–Kier alpha value is -1.90. The highest BCUT2D eigenvalue weighted by atomic mass is 15.1. The van der Waals surface area contributed by atoms with Crippen LogP contribution in [-0.4, -0.2) is 14.5 Å². The molecule has 4 aliphatic carbocycles. The van der Waals surface area contributed by atoms with E-state index in [0.29, 0.717) is 5.92 Å². The lowest BCUT2D eigenvalue weighted by molar-refractivity contribution is -0.00406. The number of hydrogen-bond donors (Lipinski definition) is 0. The molecule has 4 fully saturated rings. The van der Waals surface area contributed by atoms with Crippen molar-refractivity contribution in [2.45, 2.75) is 38.0 Å². The van der Waals surface area contributed by atoms with Gasteiger partial charge in [-0.05, 0) is 80.0 Å². The minimum absolute atomic E-state index is 0.702. The minimum atomic E-state index is 0.702. The van der Waals surface area contributed by atoms with Gasteiger partial charge in [0.25, 0.3) is 0 Å². The van der Waals surface area contributed by atoms with Crippen LogP contribution in [0.4, 0.5) is 0 Å². The van der Waals surface area contributed by atoms with E-state index in [1.807, 2.05) is 12.3 Å². The number of fused-ring (bicyclic) bond motifs is 3. The van der Waals surface area contributed by atoms with Crippen molar-refractivity contribution >= 4 is 22.1 Å². The van der Waals surface area contributed by atoms with Crippen molar-refractivity contribution in [3.8, 4) is 0 Å². The van der Waals surface area contributed by atoms with Crippen molar-refractivity contribution in [3.05, 3.63) is 36.2 Å². The van der Waals surface area contributed by atoms with Crippen molar-refractivity contribution < 1.29 is 0 Å². The molecule has 7 rings (SSSR count). The molecule has 3 heterocycles. The summed E-state index contributed by atoms with van der Waals surface area (Å²) >= 11 is 0. The van der Waals surface area contributed by atoms with Crippen molar-refractivity contribution in [3.63, 3.8) is 0 Å². The van der Waals surface area contributed by atoms with Crippen molar-refractivity contribution in [1.82, 2.24) is 14.5 Å². The van der Waals surface area contributed by atoms with Crippen LogP contribution in [0.25, 0.3) is 22.1 Å². The first kappa shape index (κ1) is 13.4. The van der Waals surface area contributed by atoms with Gasteiger partial charge in [-0.3, -0.25) is 0 Å². The van der Waals surface area contributed by atoms with E-state index in [-0.39, 0.29) is 0 Å². The SMILES string of the molecule is Cn1c2ncccc2c2ccc(C3C4CC5CC(C4)CC3C5)nc21. The smallest absolute Gasteiger partial charge is 0.142 e. The third-order valence-corrected chi connectivity index (χ3v) is 7.18. The van der Waals surface area contributed by atoms with Crippen molar-refractivity contribution in [2.24, 2.45) is 30.7 Å². The molecule has 3 aromatic heterocycles. The lowest BCUT2D eigenvalue weighted by Crippen LogP contribution is -2.44. The summed E-state index contributed by atoms with van der Waals surface area (Å²) < 4.78 is 2.17. The summed E-state index contributed by atoms with van der Waals surface area (Å²) in [5, 5.41) is 2.47. The van der Waals surface area contributed by atoms with E-state index in [9.17, 15) is 0 Å². The molecule has 0 saturated heterocycles. The van der Waals surface area contributed by atoms with E-state index >= 15 is 0 Å². The molecule has 0 unspecified atom stereocenters. The summed E-state index contributed by atoms with van der Waals surface area (Å²) in [6, 6.07) is 8.80. The molecule has 0 N–H and O–H groups in total. The first-order valence-corrected chi connectivity index (χ1v) is 9.48. The molecule has 4 bridgehead atoms. The largest absolute Gasteiger partial charge is 0.313 e. The predicted molar refractivity (Wildman–Crippen MR) is 95.8 cm³/mol. The van der Waals surface area contributed by atoms with Gasteiger partial charge in [-0.25, -0.2) is 9.97 Å². The van der Waals surface area contributed by atoms with Crippen LogP contribution in [0.2, 0.25) is 0 Å². The molecule has 0 radical (unpaired) electrons. The molecular weight excluding hydrogens is 294 g/mol. The fourth-order valence-corrected chi connectivity index (χ4v) is 6.50. The number of pyridine rings is 2. The Labute approximate surface area is 142 Å². The molecule has 4 aliphatic rings. The number of rotatable bonds is 1. The highest BCUT2D eigenvalue weighted by molar-refractivity contribution is 6.05. The average Bonchev–Trinajstić information content (AvgIpc) is 2.87. The highest BCUT2D eigenvalue weighted by Crippen LogP contribution is 2.59. The van der Waals surface area contributed by atoms with E-state index < -0.39 is 0 Å². The first-order chi connectivity index (χ1) is 11.8. The Morgan fingerprint density at radius 2 is 1.58 bits per heavy atom. The monoisotopic (exact) mass is 317 g/mol. The number of hydrogen-bond acceptors (Lipinski definition) is 2. The van der Waals surface area contributed by atoms with Crippen molar-refractivity contribution in [2.75, 3.05) is 0 Å². The van der Waals surface area contributed by atoms with Gasteiger partial charge in [0.2, 0.25) is 0 Å². The number of nitrogens with zero attached hydrogens (tertiary/aromatic N) is 3. The summed E-state index contributed by atoms with van der Waals surface area (Å²) in [6.45, 7) is 0. The average molecular weight is 317 g/mol. The molecule has 0 atom stereocenters. The lowest BCUT2D eigenvalue weighted by atomic mass is 9.51. The van der Waals surface area contributed by atoms with Gasteiger partial charge in [-0.15, -0.1) is 0 Å². The zero-order valence-electron chi connectivity index (χ0n) is 14.2. The molecular formula is C21H23N3. The summed E-state index contributed by atoms with van der Waals surface area (Å²) in [5.41, 5.74) is 3.50. The Morgan fingerprint density at radius 1 is 0.875 bits per heavy atom. The molecule has 0 aromatic carbocycles. The second kappa shape index (κ2) is 4.59. The molecule has 0 spiro atoms. The van der Waals surface area contributed by atoms with Crippen molar-refractivity contribution in [1.29, 1.82) is 0 Å². The van der Waals surface area contributed by atoms with E-state index in [0.717, 1.165) is 35.0 Å². The Bertz CT molecular complexity index is 926. The van der Waals surface area contributed by atoms with Crippen LogP contribution in [0.5, 0.6) is 0 Å². The summed E-state index contributed by atoms with van der Waals surface area (Å²) in [5.74, 6) is 4.52. The summed E-state index contributed by atoms with van der Waals surface area (Å²) in [7, 11) is 2.10.